The van der Waals surface area contributed by atoms with Crippen molar-refractivity contribution >= 4 is 12.2 Å². The molecule has 136 valence electrons. The van der Waals surface area contributed by atoms with Gasteiger partial charge in [0.15, 0.2) is 0 Å². The van der Waals surface area contributed by atoms with E-state index in [1.165, 1.54) is 36.0 Å². The number of hydrogen-bond donors (Lipinski definition) is 1. The van der Waals surface area contributed by atoms with Crippen LogP contribution >= 0.6 is 0 Å². The van der Waals surface area contributed by atoms with E-state index >= 15 is 0 Å². The molecule has 1 unspecified atom stereocenters. The number of guanidine groups is 1. The fourth-order valence-corrected chi connectivity index (χ4v) is 4.02. The zero-order valence-electron chi connectivity index (χ0n) is 16.2. The van der Waals surface area contributed by atoms with E-state index in [4.69, 9.17) is 4.99 Å². The first-order valence-corrected chi connectivity index (χ1v) is 9.67. The minimum atomic E-state index is 0.129. The average Bonchev–Trinajstić information content (AvgIpc) is 2.61. The summed E-state index contributed by atoms with van der Waals surface area (Å²) in [5, 5.41) is 3.39. The molecular formula is C21H32N4. The number of hydrogen-bond acceptors (Lipinski definition) is 2. The normalized spacial score (nSPS) is 22.1. The molecule has 1 aromatic carbocycles. The molecule has 1 heterocycles. The Morgan fingerprint density at radius 3 is 2.76 bits per heavy atom. The van der Waals surface area contributed by atoms with Crippen molar-refractivity contribution in [2.75, 3.05) is 26.2 Å². The lowest BCUT2D eigenvalue weighted by Gasteiger charge is -2.33. The van der Waals surface area contributed by atoms with Gasteiger partial charge in [-0.15, -0.1) is 0 Å². The third-order valence-electron chi connectivity index (χ3n) is 5.54. The molecule has 1 fully saturated rings. The molecule has 3 rings (SSSR count). The van der Waals surface area contributed by atoms with E-state index in [1.807, 2.05) is 13.1 Å². The number of fused-ring (bicyclic) bond motifs is 1. The van der Waals surface area contributed by atoms with Crippen LogP contribution in [0.2, 0.25) is 0 Å². The Hall–Kier alpha value is -1.68. The topological polar surface area (TPSA) is 40.0 Å². The van der Waals surface area contributed by atoms with Crippen LogP contribution in [0, 0.1) is 0 Å². The molecule has 1 saturated heterocycles. The molecule has 0 radical (unpaired) electrons. The lowest BCUT2D eigenvalue weighted by atomic mass is 9.72. The Morgan fingerprint density at radius 1 is 1.28 bits per heavy atom. The summed E-state index contributed by atoms with van der Waals surface area (Å²) < 4.78 is 0. The molecular weight excluding hydrogens is 308 g/mol. The summed E-state index contributed by atoms with van der Waals surface area (Å²) in [6, 6.07) is 7.12. The predicted octanol–water partition coefficient (Wildman–Crippen LogP) is 3.71. The summed E-state index contributed by atoms with van der Waals surface area (Å²) in [5.41, 5.74) is 4.64. The maximum atomic E-state index is 4.96. The summed E-state index contributed by atoms with van der Waals surface area (Å²) >= 11 is 0. The van der Waals surface area contributed by atoms with Crippen LogP contribution in [0.1, 0.15) is 63.3 Å². The zero-order valence-corrected chi connectivity index (χ0v) is 16.2. The van der Waals surface area contributed by atoms with Crippen molar-refractivity contribution in [1.29, 1.82) is 0 Å². The summed E-state index contributed by atoms with van der Waals surface area (Å²) in [6.45, 7) is 12.8. The van der Waals surface area contributed by atoms with Gasteiger partial charge in [0.05, 0.1) is 6.04 Å². The van der Waals surface area contributed by atoms with Gasteiger partial charge in [-0.05, 0) is 55.2 Å². The lowest BCUT2D eigenvalue weighted by Crippen LogP contribution is -2.46. The Kier molecular flexibility index (Phi) is 5.57. The van der Waals surface area contributed by atoms with Crippen molar-refractivity contribution in [3.8, 4) is 0 Å². The Morgan fingerprint density at radius 2 is 2.04 bits per heavy atom. The second-order valence-corrected chi connectivity index (χ2v) is 7.88. The van der Waals surface area contributed by atoms with Crippen molar-refractivity contribution in [3.05, 3.63) is 34.9 Å². The van der Waals surface area contributed by atoms with Crippen molar-refractivity contribution in [1.82, 2.24) is 10.2 Å². The number of aliphatic imine (C=N–C) groups is 2. The van der Waals surface area contributed by atoms with Crippen molar-refractivity contribution in [3.63, 3.8) is 0 Å². The molecule has 1 aliphatic heterocycles. The highest BCUT2D eigenvalue weighted by Crippen LogP contribution is 2.37. The van der Waals surface area contributed by atoms with E-state index in [-0.39, 0.29) is 6.04 Å². The van der Waals surface area contributed by atoms with Gasteiger partial charge in [-0.3, -0.25) is 0 Å². The minimum absolute atomic E-state index is 0.129. The summed E-state index contributed by atoms with van der Waals surface area (Å²) in [4.78, 5) is 11.8. The van der Waals surface area contributed by atoms with Gasteiger partial charge in [-0.25, -0.2) is 9.98 Å². The Balaban J connectivity index is 1.85. The molecule has 25 heavy (non-hydrogen) atoms. The van der Waals surface area contributed by atoms with E-state index in [0.717, 1.165) is 32.1 Å². The predicted molar refractivity (Wildman–Crippen MR) is 107 cm³/mol. The number of benzene rings is 1. The molecule has 0 bridgehead atoms. The first kappa shape index (κ1) is 18.1. The molecule has 0 spiro atoms. The van der Waals surface area contributed by atoms with Gasteiger partial charge in [0.2, 0.25) is 5.96 Å². The van der Waals surface area contributed by atoms with Crippen LogP contribution in [0.4, 0.5) is 0 Å². The van der Waals surface area contributed by atoms with E-state index in [0.29, 0.717) is 5.41 Å². The van der Waals surface area contributed by atoms with Crippen molar-refractivity contribution in [2.45, 2.75) is 58.4 Å². The molecule has 4 heteroatoms. The zero-order chi connectivity index (χ0) is 17.9. The van der Waals surface area contributed by atoms with Crippen molar-refractivity contribution < 1.29 is 0 Å². The Bertz CT molecular complexity index is 654. The third-order valence-corrected chi connectivity index (χ3v) is 5.54. The number of nitrogens with zero attached hydrogens (tertiary/aromatic N) is 3. The van der Waals surface area contributed by atoms with Gasteiger partial charge in [0, 0.05) is 32.4 Å². The molecule has 1 atom stereocenters. The van der Waals surface area contributed by atoms with Crippen LogP contribution < -0.4 is 5.32 Å². The van der Waals surface area contributed by atoms with Gasteiger partial charge < -0.3 is 10.2 Å². The SMILES string of the molecule is C/C=N\C(=NC(C)c1ccc2c(c1)CCCC2(C)C)N1CCNCC1. The van der Waals surface area contributed by atoms with Crippen LogP contribution in [0.5, 0.6) is 0 Å². The third kappa shape index (κ3) is 4.12. The van der Waals surface area contributed by atoms with Gasteiger partial charge in [-0.2, -0.15) is 0 Å². The average molecular weight is 341 g/mol. The maximum Gasteiger partial charge on any atom is 0.220 e. The minimum Gasteiger partial charge on any atom is -0.339 e. The van der Waals surface area contributed by atoms with Crippen LogP contribution in [-0.4, -0.2) is 43.3 Å². The molecule has 0 saturated carbocycles. The molecule has 1 aromatic rings. The highest BCUT2D eigenvalue weighted by atomic mass is 15.3. The van der Waals surface area contributed by atoms with E-state index in [2.05, 4.69) is 54.2 Å². The summed E-state index contributed by atoms with van der Waals surface area (Å²) in [5.74, 6) is 0.870. The fraction of sp³-hybridized carbons (Fsp3) is 0.619. The standard InChI is InChI=1S/C21H32N4/c1-5-23-20(25-13-11-22-12-14-25)24-16(2)17-8-9-19-18(15-17)7-6-10-21(19,3)4/h5,8-9,15-16,22H,6-7,10-14H2,1-4H3/b23-5-,24-20?. The van der Waals surface area contributed by atoms with E-state index in [9.17, 15) is 0 Å². The van der Waals surface area contributed by atoms with Gasteiger partial charge in [0.1, 0.15) is 0 Å². The Labute approximate surface area is 152 Å². The second kappa shape index (κ2) is 7.69. The quantitative estimate of drug-likeness (QED) is 0.658. The number of nitrogens with one attached hydrogen (secondary N) is 1. The van der Waals surface area contributed by atoms with Crippen LogP contribution in [-0.2, 0) is 11.8 Å². The van der Waals surface area contributed by atoms with E-state index < -0.39 is 0 Å². The van der Waals surface area contributed by atoms with Crippen LogP contribution in [0.25, 0.3) is 0 Å². The molecule has 1 N–H and O–H groups in total. The highest BCUT2D eigenvalue weighted by Gasteiger charge is 2.27. The first-order chi connectivity index (χ1) is 12.0. The molecule has 0 amide bonds. The molecule has 4 nitrogen and oxygen atoms in total. The van der Waals surface area contributed by atoms with E-state index in [1.54, 1.807) is 0 Å². The van der Waals surface area contributed by atoms with Gasteiger partial charge in [-0.1, -0.05) is 32.0 Å². The monoisotopic (exact) mass is 340 g/mol. The van der Waals surface area contributed by atoms with Crippen LogP contribution in [0.15, 0.2) is 28.2 Å². The molecule has 1 aliphatic carbocycles. The second-order valence-electron chi connectivity index (χ2n) is 7.88. The van der Waals surface area contributed by atoms with Gasteiger partial charge in [0.25, 0.3) is 0 Å². The highest BCUT2D eigenvalue weighted by molar-refractivity contribution is 5.87. The molecule has 0 aromatic heterocycles. The largest absolute Gasteiger partial charge is 0.339 e. The maximum absolute atomic E-state index is 4.96. The number of aryl methyl sites for hydroxylation is 1. The first-order valence-electron chi connectivity index (χ1n) is 9.67. The van der Waals surface area contributed by atoms with Crippen LogP contribution in [0.3, 0.4) is 0 Å². The molecule has 2 aliphatic rings. The summed E-state index contributed by atoms with van der Waals surface area (Å²) in [6.07, 6.45) is 5.61. The van der Waals surface area contributed by atoms with Crippen molar-refractivity contribution in [2.24, 2.45) is 9.98 Å². The fourth-order valence-electron chi connectivity index (χ4n) is 4.02. The van der Waals surface area contributed by atoms with Gasteiger partial charge >= 0.3 is 0 Å². The number of rotatable bonds is 2. The smallest absolute Gasteiger partial charge is 0.220 e. The lowest BCUT2D eigenvalue weighted by molar-refractivity contribution is 0.352. The number of piperazine rings is 1. The summed E-state index contributed by atoms with van der Waals surface area (Å²) in [7, 11) is 0.